The Morgan fingerprint density at radius 1 is 1.31 bits per heavy atom. The first-order valence-electron chi connectivity index (χ1n) is 3.82. The fourth-order valence-corrected chi connectivity index (χ4v) is 0.991. The molecular weight excluding hydrogens is 176 g/mol. The summed E-state index contributed by atoms with van der Waals surface area (Å²) in [5.41, 5.74) is -0.0509. The first-order chi connectivity index (χ1) is 6.02. The highest BCUT2D eigenvalue weighted by Crippen LogP contribution is 2.19. The van der Waals surface area contributed by atoms with Crippen molar-refractivity contribution >= 4 is 0 Å². The van der Waals surface area contributed by atoms with Crippen LogP contribution in [0, 0.1) is 11.6 Å². The van der Waals surface area contributed by atoms with Crippen molar-refractivity contribution in [2.45, 2.75) is 6.23 Å². The normalized spacial score (nSPS) is 13.4. The van der Waals surface area contributed by atoms with E-state index in [4.69, 9.17) is 0 Å². The molecule has 1 unspecified atom stereocenters. The molecular formula is C9H11F2NO. The fraction of sp³-hybridized carbons (Fsp3) is 0.333. The zero-order valence-electron chi connectivity index (χ0n) is 7.46. The summed E-state index contributed by atoms with van der Waals surface area (Å²) in [4.78, 5) is 1.39. The predicted molar refractivity (Wildman–Crippen MR) is 45.0 cm³/mol. The lowest BCUT2D eigenvalue weighted by atomic mass is 10.1. The van der Waals surface area contributed by atoms with Gasteiger partial charge in [0.25, 0.3) is 0 Å². The summed E-state index contributed by atoms with van der Waals surface area (Å²) >= 11 is 0. The highest BCUT2D eigenvalue weighted by Gasteiger charge is 2.15. The summed E-state index contributed by atoms with van der Waals surface area (Å²) in [6, 6.07) is 3.00. The molecule has 1 N–H and O–H groups in total. The van der Waals surface area contributed by atoms with Gasteiger partial charge in [-0.1, -0.05) is 0 Å². The van der Waals surface area contributed by atoms with Crippen molar-refractivity contribution in [3.05, 3.63) is 35.4 Å². The number of nitrogens with zero attached hydrogens (tertiary/aromatic N) is 1. The van der Waals surface area contributed by atoms with Crippen molar-refractivity contribution in [2.75, 3.05) is 14.1 Å². The SMILES string of the molecule is CN(C)C(O)c1cc(F)ccc1F. The van der Waals surface area contributed by atoms with Gasteiger partial charge in [0.2, 0.25) is 0 Å². The van der Waals surface area contributed by atoms with Gasteiger partial charge in [-0.3, -0.25) is 4.90 Å². The number of rotatable bonds is 2. The van der Waals surface area contributed by atoms with Crippen LogP contribution in [-0.4, -0.2) is 24.1 Å². The Morgan fingerprint density at radius 3 is 2.46 bits per heavy atom. The maximum atomic E-state index is 13.0. The maximum Gasteiger partial charge on any atom is 0.136 e. The van der Waals surface area contributed by atoms with Crippen LogP contribution in [0.2, 0.25) is 0 Å². The molecule has 0 aliphatic carbocycles. The molecule has 0 amide bonds. The number of aliphatic hydroxyl groups is 1. The summed E-state index contributed by atoms with van der Waals surface area (Å²) in [6.45, 7) is 0. The minimum Gasteiger partial charge on any atom is -0.374 e. The molecule has 0 aliphatic rings. The molecule has 0 saturated heterocycles. The van der Waals surface area contributed by atoms with Crippen molar-refractivity contribution in [1.82, 2.24) is 4.90 Å². The third kappa shape index (κ3) is 2.23. The van der Waals surface area contributed by atoms with Crippen molar-refractivity contribution in [2.24, 2.45) is 0 Å². The summed E-state index contributed by atoms with van der Waals surface area (Å²) in [7, 11) is 3.16. The highest BCUT2D eigenvalue weighted by molar-refractivity contribution is 5.20. The zero-order valence-corrected chi connectivity index (χ0v) is 7.46. The average Bonchev–Trinajstić information content (AvgIpc) is 2.08. The van der Waals surface area contributed by atoms with E-state index in [1.54, 1.807) is 14.1 Å². The van der Waals surface area contributed by atoms with Gasteiger partial charge in [0.15, 0.2) is 0 Å². The summed E-state index contributed by atoms with van der Waals surface area (Å²) in [6.07, 6.45) is -1.12. The smallest absolute Gasteiger partial charge is 0.136 e. The molecule has 1 atom stereocenters. The average molecular weight is 187 g/mol. The van der Waals surface area contributed by atoms with E-state index < -0.39 is 17.9 Å². The molecule has 0 aromatic heterocycles. The molecule has 1 rings (SSSR count). The molecule has 72 valence electrons. The number of benzene rings is 1. The molecule has 0 spiro atoms. The van der Waals surface area contributed by atoms with Gasteiger partial charge in [0.1, 0.15) is 17.9 Å². The van der Waals surface area contributed by atoms with Gasteiger partial charge >= 0.3 is 0 Å². The molecule has 0 aliphatic heterocycles. The number of hydrogen-bond acceptors (Lipinski definition) is 2. The van der Waals surface area contributed by atoms with Gasteiger partial charge in [-0.25, -0.2) is 8.78 Å². The number of aliphatic hydroxyl groups excluding tert-OH is 1. The standard InChI is InChI=1S/C9H11F2NO/c1-12(2)9(13)7-5-6(10)3-4-8(7)11/h3-5,9,13H,1-2H3. The molecule has 0 fully saturated rings. The van der Waals surface area contributed by atoms with Crippen molar-refractivity contribution < 1.29 is 13.9 Å². The van der Waals surface area contributed by atoms with E-state index in [9.17, 15) is 13.9 Å². The first-order valence-corrected chi connectivity index (χ1v) is 3.82. The summed E-state index contributed by atoms with van der Waals surface area (Å²) < 4.78 is 25.7. The third-order valence-electron chi connectivity index (χ3n) is 1.73. The summed E-state index contributed by atoms with van der Waals surface area (Å²) in [5.74, 6) is -1.17. The topological polar surface area (TPSA) is 23.5 Å². The van der Waals surface area contributed by atoms with Crippen LogP contribution < -0.4 is 0 Å². The van der Waals surface area contributed by atoms with Crippen molar-refractivity contribution in [3.63, 3.8) is 0 Å². The lowest BCUT2D eigenvalue weighted by molar-refractivity contribution is 0.0362. The maximum absolute atomic E-state index is 13.0. The Kier molecular flexibility index (Phi) is 2.95. The van der Waals surface area contributed by atoms with Crippen LogP contribution >= 0.6 is 0 Å². The monoisotopic (exact) mass is 187 g/mol. The fourth-order valence-electron chi connectivity index (χ4n) is 0.991. The van der Waals surface area contributed by atoms with Gasteiger partial charge in [-0.2, -0.15) is 0 Å². The van der Waals surface area contributed by atoms with Crippen molar-refractivity contribution in [3.8, 4) is 0 Å². The molecule has 4 heteroatoms. The Bertz CT molecular complexity index is 302. The van der Waals surface area contributed by atoms with Gasteiger partial charge < -0.3 is 5.11 Å². The molecule has 13 heavy (non-hydrogen) atoms. The molecule has 0 bridgehead atoms. The zero-order chi connectivity index (χ0) is 10.0. The Balaban J connectivity index is 3.05. The van der Waals surface area contributed by atoms with Gasteiger partial charge in [0, 0.05) is 5.56 Å². The molecule has 0 heterocycles. The first kappa shape index (κ1) is 10.1. The molecule has 0 radical (unpaired) electrons. The van der Waals surface area contributed by atoms with Gasteiger partial charge in [-0.15, -0.1) is 0 Å². The number of halogens is 2. The lowest BCUT2D eigenvalue weighted by Gasteiger charge is -2.19. The van der Waals surface area contributed by atoms with E-state index in [1.165, 1.54) is 4.90 Å². The van der Waals surface area contributed by atoms with Gasteiger partial charge in [-0.05, 0) is 32.3 Å². The lowest BCUT2D eigenvalue weighted by Crippen LogP contribution is -2.20. The van der Waals surface area contributed by atoms with E-state index in [2.05, 4.69) is 0 Å². The quantitative estimate of drug-likeness (QED) is 0.709. The van der Waals surface area contributed by atoms with E-state index in [-0.39, 0.29) is 5.56 Å². The van der Waals surface area contributed by atoms with Crippen LogP contribution in [0.25, 0.3) is 0 Å². The molecule has 1 aromatic carbocycles. The third-order valence-corrected chi connectivity index (χ3v) is 1.73. The minimum atomic E-state index is -1.12. The van der Waals surface area contributed by atoms with Crippen LogP contribution in [0.4, 0.5) is 8.78 Å². The van der Waals surface area contributed by atoms with Gasteiger partial charge in [0.05, 0.1) is 0 Å². The second kappa shape index (κ2) is 3.81. The van der Waals surface area contributed by atoms with Crippen LogP contribution in [0.5, 0.6) is 0 Å². The van der Waals surface area contributed by atoms with E-state index in [0.717, 1.165) is 18.2 Å². The number of hydrogen-bond donors (Lipinski definition) is 1. The van der Waals surface area contributed by atoms with Crippen LogP contribution in [-0.2, 0) is 0 Å². The van der Waals surface area contributed by atoms with Crippen molar-refractivity contribution in [1.29, 1.82) is 0 Å². The largest absolute Gasteiger partial charge is 0.374 e. The molecule has 1 aromatic rings. The molecule has 0 saturated carbocycles. The minimum absolute atomic E-state index is 0.0509. The van der Waals surface area contributed by atoms with E-state index in [0.29, 0.717) is 0 Å². The second-order valence-electron chi connectivity index (χ2n) is 3.00. The van der Waals surface area contributed by atoms with Crippen LogP contribution in [0.3, 0.4) is 0 Å². The van der Waals surface area contributed by atoms with Crippen LogP contribution in [0.15, 0.2) is 18.2 Å². The predicted octanol–water partition coefficient (Wildman–Crippen LogP) is 1.52. The van der Waals surface area contributed by atoms with E-state index in [1.807, 2.05) is 0 Å². The Labute approximate surface area is 75.4 Å². The Hall–Kier alpha value is -1.00. The highest BCUT2D eigenvalue weighted by atomic mass is 19.1. The Morgan fingerprint density at radius 2 is 1.92 bits per heavy atom. The molecule has 2 nitrogen and oxygen atoms in total. The summed E-state index contributed by atoms with van der Waals surface area (Å²) in [5, 5.41) is 9.42. The second-order valence-corrected chi connectivity index (χ2v) is 3.00. The van der Waals surface area contributed by atoms with Crippen LogP contribution in [0.1, 0.15) is 11.8 Å². The van der Waals surface area contributed by atoms with E-state index >= 15 is 0 Å².